The van der Waals surface area contributed by atoms with E-state index in [2.05, 4.69) is 15.9 Å². The average molecular weight is 354 g/mol. The maximum Gasteiger partial charge on any atom is 0.339 e. The molecule has 0 heterocycles. The zero-order chi connectivity index (χ0) is 15.4. The molecule has 0 atom stereocenters. The quantitative estimate of drug-likeness (QED) is 0.654. The summed E-state index contributed by atoms with van der Waals surface area (Å²) < 4.78 is 18.7. The first-order valence-corrected chi connectivity index (χ1v) is 6.91. The van der Waals surface area contributed by atoms with Crippen molar-refractivity contribution in [2.75, 3.05) is 5.73 Å². The van der Waals surface area contributed by atoms with Gasteiger partial charge in [0.05, 0.1) is 17.9 Å². The number of benzene rings is 2. The van der Waals surface area contributed by atoms with E-state index in [0.29, 0.717) is 0 Å². The van der Waals surface area contributed by atoms with Crippen molar-refractivity contribution in [3.8, 4) is 0 Å². The third-order valence-corrected chi connectivity index (χ3v) is 3.54. The normalized spacial score (nSPS) is 10.4. The Kier molecular flexibility index (Phi) is 4.93. The van der Waals surface area contributed by atoms with Crippen LogP contribution in [-0.4, -0.2) is 11.1 Å². The summed E-state index contributed by atoms with van der Waals surface area (Å²) in [5, 5.41) is 8.94. The molecule has 4 nitrogen and oxygen atoms in total. The van der Waals surface area contributed by atoms with Crippen LogP contribution in [0.5, 0.6) is 0 Å². The van der Waals surface area contributed by atoms with E-state index < -0.39 is 11.8 Å². The monoisotopic (exact) mass is 353 g/mol. The summed E-state index contributed by atoms with van der Waals surface area (Å²) in [6.07, 6.45) is 0. The van der Waals surface area contributed by atoms with Crippen LogP contribution in [0.2, 0.25) is 0 Å². The minimum atomic E-state index is -0.599. The average Bonchev–Trinajstić information content (AvgIpc) is 2.49. The zero-order valence-electron chi connectivity index (χ0n) is 11.0. The van der Waals surface area contributed by atoms with Crippen LogP contribution in [-0.2, 0) is 18.0 Å². The van der Waals surface area contributed by atoms with Gasteiger partial charge < -0.3 is 15.6 Å². The Balaban J connectivity index is 2.06. The van der Waals surface area contributed by atoms with Gasteiger partial charge in [0.1, 0.15) is 12.4 Å². The number of carbonyl (C=O) groups excluding carboxylic acids is 1. The van der Waals surface area contributed by atoms with Gasteiger partial charge in [-0.3, -0.25) is 0 Å². The fourth-order valence-corrected chi connectivity index (χ4v) is 2.17. The van der Waals surface area contributed by atoms with Gasteiger partial charge in [-0.2, -0.15) is 0 Å². The van der Waals surface area contributed by atoms with Crippen molar-refractivity contribution in [1.82, 2.24) is 0 Å². The van der Waals surface area contributed by atoms with E-state index in [-0.39, 0.29) is 28.9 Å². The van der Waals surface area contributed by atoms with Gasteiger partial charge in [-0.15, -0.1) is 0 Å². The van der Waals surface area contributed by atoms with Crippen LogP contribution in [0.15, 0.2) is 40.9 Å². The maximum absolute atomic E-state index is 13.2. The minimum absolute atomic E-state index is 0.0398. The van der Waals surface area contributed by atoms with Crippen molar-refractivity contribution < 1.29 is 19.0 Å². The molecule has 110 valence electrons. The number of hydrogen-bond donors (Lipinski definition) is 2. The number of ether oxygens (including phenoxy) is 1. The third-order valence-electron chi connectivity index (χ3n) is 2.88. The molecular weight excluding hydrogens is 341 g/mol. The molecule has 2 rings (SSSR count). The molecule has 0 aliphatic rings. The molecule has 21 heavy (non-hydrogen) atoms. The van der Waals surface area contributed by atoms with Gasteiger partial charge in [0.25, 0.3) is 0 Å². The number of aliphatic hydroxyl groups excluding tert-OH is 1. The number of rotatable bonds is 4. The molecule has 0 aromatic heterocycles. The molecule has 0 aliphatic heterocycles. The van der Waals surface area contributed by atoms with Crippen molar-refractivity contribution in [2.45, 2.75) is 13.2 Å². The lowest BCUT2D eigenvalue weighted by atomic mass is 10.1. The number of anilines is 1. The number of carbonyl (C=O) groups is 1. The van der Waals surface area contributed by atoms with Gasteiger partial charge in [-0.05, 0) is 39.2 Å². The molecule has 0 amide bonds. The Morgan fingerprint density at radius 1 is 1.24 bits per heavy atom. The number of nitrogens with two attached hydrogens (primary N) is 1. The van der Waals surface area contributed by atoms with Gasteiger partial charge in [0, 0.05) is 4.47 Å². The number of esters is 1. The summed E-state index contributed by atoms with van der Waals surface area (Å²) in [4.78, 5) is 12.0. The molecule has 6 heteroatoms. The molecule has 3 N–H and O–H groups in total. The van der Waals surface area contributed by atoms with Crippen molar-refractivity contribution in [2.24, 2.45) is 0 Å². The molecule has 0 radical (unpaired) electrons. The standard InChI is InChI=1S/C15H13BrFNO3/c16-12-6-13(17)14(18)5-11(12)15(20)21-8-10-3-1-9(7-19)2-4-10/h1-6,19H,7-8,18H2. The van der Waals surface area contributed by atoms with Crippen LogP contribution < -0.4 is 5.73 Å². The second-order valence-electron chi connectivity index (χ2n) is 4.40. The first-order chi connectivity index (χ1) is 10.0. The van der Waals surface area contributed by atoms with Gasteiger partial charge in [-0.25, -0.2) is 9.18 Å². The molecule has 2 aromatic rings. The Bertz CT molecular complexity index is 659. The van der Waals surface area contributed by atoms with E-state index in [4.69, 9.17) is 15.6 Å². The van der Waals surface area contributed by atoms with Gasteiger partial charge >= 0.3 is 5.97 Å². The van der Waals surface area contributed by atoms with Gasteiger partial charge in [-0.1, -0.05) is 24.3 Å². The molecular formula is C15H13BrFNO3. The van der Waals surface area contributed by atoms with Crippen molar-refractivity contribution in [1.29, 1.82) is 0 Å². The molecule has 0 aliphatic carbocycles. The second kappa shape index (κ2) is 6.69. The summed E-state index contributed by atoms with van der Waals surface area (Å²) in [7, 11) is 0. The Hall–Kier alpha value is -1.92. The van der Waals surface area contributed by atoms with Crippen LogP contribution in [0.25, 0.3) is 0 Å². The SMILES string of the molecule is Nc1cc(C(=O)OCc2ccc(CO)cc2)c(Br)cc1F. The molecule has 0 spiro atoms. The van der Waals surface area contributed by atoms with Crippen LogP contribution >= 0.6 is 15.9 Å². The van der Waals surface area contributed by atoms with E-state index in [1.165, 1.54) is 6.07 Å². The molecule has 0 fully saturated rings. The highest BCUT2D eigenvalue weighted by atomic mass is 79.9. The van der Waals surface area contributed by atoms with E-state index in [0.717, 1.165) is 17.2 Å². The van der Waals surface area contributed by atoms with Crippen LogP contribution in [0.3, 0.4) is 0 Å². The van der Waals surface area contributed by atoms with E-state index in [9.17, 15) is 9.18 Å². The van der Waals surface area contributed by atoms with Crippen molar-refractivity contribution >= 4 is 27.6 Å². The Morgan fingerprint density at radius 2 is 1.86 bits per heavy atom. The molecule has 0 saturated carbocycles. The predicted octanol–water partition coefficient (Wildman–Crippen LogP) is 3.02. The molecule has 2 aromatic carbocycles. The summed E-state index contributed by atoms with van der Waals surface area (Å²) in [5.74, 6) is -1.20. The highest BCUT2D eigenvalue weighted by Crippen LogP contribution is 2.23. The van der Waals surface area contributed by atoms with E-state index in [1.54, 1.807) is 24.3 Å². The third kappa shape index (κ3) is 3.80. The minimum Gasteiger partial charge on any atom is -0.457 e. The summed E-state index contributed by atoms with van der Waals surface area (Å²) in [6, 6.07) is 9.36. The zero-order valence-corrected chi connectivity index (χ0v) is 12.6. The van der Waals surface area contributed by atoms with E-state index >= 15 is 0 Å². The fourth-order valence-electron chi connectivity index (χ4n) is 1.69. The predicted molar refractivity (Wildman–Crippen MR) is 80.0 cm³/mol. The lowest BCUT2D eigenvalue weighted by molar-refractivity contribution is 0.0471. The van der Waals surface area contributed by atoms with Crippen molar-refractivity contribution in [3.05, 3.63) is 63.4 Å². The summed E-state index contributed by atoms with van der Waals surface area (Å²) in [5.41, 5.74) is 7.05. The number of hydrogen-bond acceptors (Lipinski definition) is 4. The van der Waals surface area contributed by atoms with Gasteiger partial charge in [0.2, 0.25) is 0 Å². The summed E-state index contributed by atoms with van der Waals surface area (Å²) >= 11 is 3.10. The summed E-state index contributed by atoms with van der Waals surface area (Å²) in [6.45, 7) is 0.0378. The number of halogens is 2. The second-order valence-corrected chi connectivity index (χ2v) is 5.26. The molecule has 0 unspecified atom stereocenters. The lowest BCUT2D eigenvalue weighted by Gasteiger charge is -2.08. The lowest BCUT2D eigenvalue weighted by Crippen LogP contribution is -2.07. The first kappa shape index (κ1) is 15.5. The Labute approximate surface area is 129 Å². The smallest absolute Gasteiger partial charge is 0.339 e. The van der Waals surface area contributed by atoms with Crippen LogP contribution in [0.4, 0.5) is 10.1 Å². The number of aliphatic hydroxyl groups is 1. The fraction of sp³-hybridized carbons (Fsp3) is 0.133. The highest BCUT2D eigenvalue weighted by Gasteiger charge is 2.14. The topological polar surface area (TPSA) is 72.6 Å². The molecule has 0 bridgehead atoms. The highest BCUT2D eigenvalue weighted by molar-refractivity contribution is 9.10. The Morgan fingerprint density at radius 3 is 2.48 bits per heavy atom. The van der Waals surface area contributed by atoms with Crippen LogP contribution in [0.1, 0.15) is 21.5 Å². The van der Waals surface area contributed by atoms with Crippen molar-refractivity contribution in [3.63, 3.8) is 0 Å². The largest absolute Gasteiger partial charge is 0.457 e. The first-order valence-electron chi connectivity index (χ1n) is 6.11. The van der Waals surface area contributed by atoms with Gasteiger partial charge in [0.15, 0.2) is 0 Å². The number of nitrogen functional groups attached to an aromatic ring is 1. The van der Waals surface area contributed by atoms with E-state index in [1.807, 2.05) is 0 Å². The maximum atomic E-state index is 13.2. The molecule has 0 saturated heterocycles. The van der Waals surface area contributed by atoms with Crippen LogP contribution in [0, 0.1) is 5.82 Å².